The van der Waals surface area contributed by atoms with E-state index in [1.807, 2.05) is 63.4 Å². The summed E-state index contributed by atoms with van der Waals surface area (Å²) in [6, 6.07) is 25.7. The van der Waals surface area contributed by atoms with E-state index >= 15 is 0 Å². The van der Waals surface area contributed by atoms with Crippen LogP contribution in [0.15, 0.2) is 108 Å². The highest BCUT2D eigenvalue weighted by atomic mass is 32.2. The predicted octanol–water partition coefficient (Wildman–Crippen LogP) is 6.59. The van der Waals surface area contributed by atoms with E-state index in [-0.39, 0.29) is 16.2 Å². The van der Waals surface area contributed by atoms with Gasteiger partial charge in [-0.2, -0.15) is 5.10 Å². The van der Waals surface area contributed by atoms with Gasteiger partial charge in [0, 0.05) is 53.1 Å². The molecule has 10 nitrogen and oxygen atoms in total. The fourth-order valence-corrected chi connectivity index (χ4v) is 6.76. The molecule has 0 atom stereocenters. The van der Waals surface area contributed by atoms with Gasteiger partial charge in [-0.1, -0.05) is 42.5 Å². The van der Waals surface area contributed by atoms with Crippen LogP contribution in [0.1, 0.15) is 26.3 Å². The second kappa shape index (κ2) is 10.9. The topological polar surface area (TPSA) is 139 Å². The average molecular weight is 607 g/mol. The largest absolute Gasteiger partial charge is 0.322 e. The van der Waals surface area contributed by atoms with Gasteiger partial charge in [0.2, 0.25) is 0 Å². The molecule has 0 aliphatic rings. The van der Waals surface area contributed by atoms with E-state index in [4.69, 9.17) is 10.8 Å². The van der Waals surface area contributed by atoms with E-state index in [2.05, 4.69) is 4.98 Å². The summed E-state index contributed by atoms with van der Waals surface area (Å²) in [5, 5.41) is 16.6. The summed E-state index contributed by atoms with van der Waals surface area (Å²) in [4.78, 5) is 15.5. The summed E-state index contributed by atoms with van der Waals surface area (Å²) in [6.45, 7) is 6.38. The van der Waals surface area contributed by atoms with Gasteiger partial charge in [-0.25, -0.2) is 17.4 Å². The van der Waals surface area contributed by atoms with Crippen LogP contribution in [0, 0.1) is 10.1 Å². The summed E-state index contributed by atoms with van der Waals surface area (Å²) >= 11 is 0. The Morgan fingerprint density at radius 3 is 2.18 bits per heavy atom. The first kappa shape index (κ1) is 29.0. The Morgan fingerprint density at radius 1 is 0.909 bits per heavy atom. The van der Waals surface area contributed by atoms with Gasteiger partial charge >= 0.3 is 0 Å². The van der Waals surface area contributed by atoms with E-state index in [1.54, 1.807) is 53.3 Å². The third kappa shape index (κ3) is 5.06. The van der Waals surface area contributed by atoms with Crippen LogP contribution in [-0.4, -0.2) is 32.1 Å². The van der Waals surface area contributed by atoms with Crippen molar-refractivity contribution in [2.24, 2.45) is 5.73 Å². The molecule has 6 rings (SSSR count). The molecule has 3 aromatic carbocycles. The van der Waals surface area contributed by atoms with E-state index in [0.717, 1.165) is 16.7 Å². The maximum atomic E-state index is 14.2. The fraction of sp³-hybridized carbons (Fsp3) is 0.152. The van der Waals surface area contributed by atoms with Gasteiger partial charge in [-0.15, -0.1) is 0 Å². The first-order valence-corrected chi connectivity index (χ1v) is 15.5. The van der Waals surface area contributed by atoms with Crippen LogP contribution in [0.25, 0.3) is 44.7 Å². The van der Waals surface area contributed by atoms with E-state index < -0.39 is 20.5 Å². The van der Waals surface area contributed by atoms with Crippen molar-refractivity contribution >= 4 is 26.7 Å². The van der Waals surface area contributed by atoms with Crippen molar-refractivity contribution in [2.75, 3.05) is 0 Å². The molecule has 222 valence electrons. The van der Waals surface area contributed by atoms with Gasteiger partial charge in [0.05, 0.1) is 15.5 Å². The zero-order valence-corrected chi connectivity index (χ0v) is 25.2. The number of aromatic nitrogens is 4. The minimum atomic E-state index is -4.07. The van der Waals surface area contributed by atoms with Gasteiger partial charge in [0.1, 0.15) is 5.69 Å². The number of non-ortho nitro benzene ring substituents is 1. The van der Waals surface area contributed by atoms with Crippen LogP contribution >= 0.6 is 0 Å². The van der Waals surface area contributed by atoms with Crippen LogP contribution in [0.2, 0.25) is 0 Å². The summed E-state index contributed by atoms with van der Waals surface area (Å²) < 4.78 is 31.5. The second-order valence-corrected chi connectivity index (χ2v) is 12.8. The smallest absolute Gasteiger partial charge is 0.269 e. The Balaban J connectivity index is 1.62. The molecular weight excluding hydrogens is 576 g/mol. The summed E-state index contributed by atoms with van der Waals surface area (Å²) in [7, 11) is -4.07. The molecule has 0 aliphatic carbocycles. The predicted molar refractivity (Wildman–Crippen MR) is 170 cm³/mol. The zero-order chi connectivity index (χ0) is 31.2. The maximum absolute atomic E-state index is 14.2. The summed E-state index contributed by atoms with van der Waals surface area (Å²) in [6.07, 6.45) is 3.48. The van der Waals surface area contributed by atoms with Crippen molar-refractivity contribution in [3.8, 4) is 33.6 Å². The molecule has 0 amide bonds. The van der Waals surface area contributed by atoms with E-state index in [0.29, 0.717) is 34.4 Å². The summed E-state index contributed by atoms with van der Waals surface area (Å²) in [5.74, 6) is 0. The lowest BCUT2D eigenvalue weighted by atomic mass is 9.94. The lowest BCUT2D eigenvalue weighted by molar-refractivity contribution is -0.384. The SMILES string of the molecule is CCn1cc(-c2ccnc3c2cc(-c2ccc(C(C)(C)N)cc2)n3S(=O)(=O)c2ccccc2)c(-c2ccc([N+](=O)[O-])cc2)n1. The number of fused-ring (bicyclic) bond motifs is 1. The molecule has 44 heavy (non-hydrogen) atoms. The van der Waals surface area contributed by atoms with Crippen LogP contribution in [0.5, 0.6) is 0 Å². The van der Waals surface area contributed by atoms with Gasteiger partial charge in [-0.05, 0) is 73.9 Å². The molecule has 3 aromatic heterocycles. The van der Waals surface area contributed by atoms with Crippen LogP contribution in [0.3, 0.4) is 0 Å². The molecule has 2 N–H and O–H groups in total. The molecule has 0 unspecified atom stereocenters. The van der Waals surface area contributed by atoms with E-state index in [1.165, 1.54) is 16.1 Å². The number of hydrogen-bond donors (Lipinski definition) is 1. The van der Waals surface area contributed by atoms with Crippen molar-refractivity contribution < 1.29 is 13.3 Å². The number of aryl methyl sites for hydroxylation is 1. The molecule has 0 saturated carbocycles. The molecule has 11 heteroatoms. The minimum absolute atomic E-state index is 0.0200. The first-order valence-electron chi connectivity index (χ1n) is 14.0. The lowest BCUT2D eigenvalue weighted by Gasteiger charge is -2.19. The Morgan fingerprint density at radius 2 is 1.57 bits per heavy atom. The van der Waals surface area contributed by atoms with Crippen molar-refractivity contribution in [1.82, 2.24) is 18.7 Å². The highest BCUT2D eigenvalue weighted by Crippen LogP contribution is 2.40. The van der Waals surface area contributed by atoms with Crippen molar-refractivity contribution in [3.63, 3.8) is 0 Å². The minimum Gasteiger partial charge on any atom is -0.322 e. The number of nitrogens with zero attached hydrogens (tertiary/aromatic N) is 5. The monoisotopic (exact) mass is 606 g/mol. The quantitative estimate of drug-likeness (QED) is 0.152. The van der Waals surface area contributed by atoms with Gasteiger partial charge < -0.3 is 5.73 Å². The number of nitro benzene ring substituents is 1. The third-order valence-corrected chi connectivity index (χ3v) is 9.31. The van der Waals surface area contributed by atoms with E-state index in [9.17, 15) is 18.5 Å². The Kier molecular flexibility index (Phi) is 7.14. The van der Waals surface area contributed by atoms with Crippen molar-refractivity contribution in [3.05, 3.63) is 119 Å². The molecule has 6 aromatic rings. The number of rotatable bonds is 8. The maximum Gasteiger partial charge on any atom is 0.269 e. The molecule has 0 bridgehead atoms. The highest BCUT2D eigenvalue weighted by molar-refractivity contribution is 7.90. The van der Waals surface area contributed by atoms with Crippen LogP contribution in [0.4, 0.5) is 5.69 Å². The second-order valence-electron chi connectivity index (χ2n) is 11.1. The molecular formula is C33H30N6O4S. The first-order chi connectivity index (χ1) is 21.0. The molecule has 0 radical (unpaired) electrons. The van der Waals surface area contributed by atoms with Crippen LogP contribution in [-0.2, 0) is 22.1 Å². The Hall–Kier alpha value is -5.13. The Bertz CT molecular complexity index is 2110. The number of nitro groups is 1. The molecule has 0 spiro atoms. The van der Waals surface area contributed by atoms with Crippen molar-refractivity contribution in [1.29, 1.82) is 0 Å². The van der Waals surface area contributed by atoms with Crippen molar-refractivity contribution in [2.45, 2.75) is 37.8 Å². The van der Waals surface area contributed by atoms with Gasteiger partial charge in [0.15, 0.2) is 5.65 Å². The number of nitrogens with two attached hydrogens (primary N) is 1. The van der Waals surface area contributed by atoms with Gasteiger partial charge in [-0.3, -0.25) is 14.8 Å². The average Bonchev–Trinajstić information content (AvgIpc) is 3.64. The summed E-state index contributed by atoms with van der Waals surface area (Å²) in [5.41, 5.74) is 10.8. The highest BCUT2D eigenvalue weighted by Gasteiger charge is 2.27. The lowest BCUT2D eigenvalue weighted by Crippen LogP contribution is -2.28. The zero-order valence-electron chi connectivity index (χ0n) is 24.4. The third-order valence-electron chi connectivity index (χ3n) is 7.59. The van der Waals surface area contributed by atoms with Crippen LogP contribution < -0.4 is 5.73 Å². The number of benzene rings is 3. The molecule has 0 saturated heterocycles. The molecule has 0 fully saturated rings. The molecule has 0 aliphatic heterocycles. The fourth-order valence-electron chi connectivity index (χ4n) is 5.26. The standard InChI is InChI=1S/C33H30N6O4S/c1-4-37-21-29(31(36-37)23-12-16-25(17-13-23)39(40)41)27-18-19-35-32-28(27)20-30(22-10-14-24(15-11-22)33(2,3)34)38(32)44(42,43)26-8-6-5-7-9-26/h5-21H,4,34H2,1-3H3. The number of pyridine rings is 1. The normalized spacial score (nSPS) is 12.1. The number of hydrogen-bond acceptors (Lipinski definition) is 7. The molecule has 3 heterocycles. The van der Waals surface area contributed by atoms with Gasteiger partial charge in [0.25, 0.3) is 15.7 Å². The Labute approximate surface area is 254 Å².